The Morgan fingerprint density at radius 3 is 3.00 bits per heavy atom. The number of esters is 1. The summed E-state index contributed by atoms with van der Waals surface area (Å²) < 4.78 is 10.9. The number of carbonyl (C=O) groups excluding carboxylic acids is 1. The number of rotatable bonds is 6. The fraction of sp³-hybridized carbons (Fsp3) is 0.500. The van der Waals surface area contributed by atoms with Gasteiger partial charge in [0.25, 0.3) is 0 Å². The first kappa shape index (κ1) is 12.1. The Morgan fingerprint density at radius 2 is 2.38 bits per heavy atom. The van der Waals surface area contributed by atoms with Gasteiger partial charge in [-0.1, -0.05) is 4.98 Å². The zero-order valence-corrected chi connectivity index (χ0v) is 8.66. The first-order chi connectivity index (χ1) is 7.61. The number of hydrogen-bond donors (Lipinski definition) is 0. The van der Waals surface area contributed by atoms with Crippen LogP contribution >= 0.6 is 0 Å². The standard InChI is InChI=1S/C8H11N3O5/c1-7(12)16-5-4-15-6-10-3-2-9-8(10)11(13)14/h2-3H,4-6H2,1H3. The smallest absolute Gasteiger partial charge is 0.436 e. The molecule has 8 nitrogen and oxygen atoms in total. The molecule has 1 rings (SSSR count). The van der Waals surface area contributed by atoms with E-state index in [4.69, 9.17) is 4.74 Å². The third kappa shape index (κ3) is 3.65. The molecule has 0 aliphatic carbocycles. The number of aromatic nitrogens is 2. The zero-order valence-electron chi connectivity index (χ0n) is 8.66. The molecule has 8 heteroatoms. The van der Waals surface area contributed by atoms with Gasteiger partial charge < -0.3 is 19.6 Å². The van der Waals surface area contributed by atoms with Crippen molar-refractivity contribution in [2.45, 2.75) is 13.7 Å². The molecule has 0 radical (unpaired) electrons. The first-order valence-electron chi connectivity index (χ1n) is 4.48. The molecule has 0 unspecified atom stereocenters. The Hall–Kier alpha value is -1.96. The zero-order chi connectivity index (χ0) is 12.0. The van der Waals surface area contributed by atoms with E-state index in [1.54, 1.807) is 0 Å². The summed E-state index contributed by atoms with van der Waals surface area (Å²) in [7, 11) is 0. The van der Waals surface area contributed by atoms with Gasteiger partial charge in [0, 0.05) is 6.92 Å². The molecule has 0 fully saturated rings. The van der Waals surface area contributed by atoms with E-state index in [-0.39, 0.29) is 25.9 Å². The van der Waals surface area contributed by atoms with Crippen LogP contribution in [0, 0.1) is 10.1 Å². The lowest BCUT2D eigenvalue weighted by Gasteiger charge is -2.03. The second-order valence-electron chi connectivity index (χ2n) is 2.83. The van der Waals surface area contributed by atoms with Gasteiger partial charge in [0.15, 0.2) is 6.73 Å². The Bertz CT molecular complexity index is 376. The van der Waals surface area contributed by atoms with E-state index in [1.165, 1.54) is 23.9 Å². The highest BCUT2D eigenvalue weighted by Gasteiger charge is 2.13. The van der Waals surface area contributed by atoms with Crippen LogP contribution in [-0.2, 0) is 21.0 Å². The molecular weight excluding hydrogens is 218 g/mol. The number of imidazole rings is 1. The molecule has 0 atom stereocenters. The molecule has 1 aromatic heterocycles. The van der Waals surface area contributed by atoms with Crippen LogP contribution in [0.25, 0.3) is 0 Å². The lowest BCUT2D eigenvalue weighted by atomic mass is 10.7. The van der Waals surface area contributed by atoms with Crippen molar-refractivity contribution in [3.8, 4) is 0 Å². The molecule has 0 spiro atoms. The molecule has 0 saturated heterocycles. The van der Waals surface area contributed by atoms with Crippen molar-refractivity contribution in [1.82, 2.24) is 9.55 Å². The maximum absolute atomic E-state index is 10.5. The summed E-state index contributed by atoms with van der Waals surface area (Å²) in [6.45, 7) is 1.59. The molecule has 16 heavy (non-hydrogen) atoms. The van der Waals surface area contributed by atoms with Crippen LogP contribution in [0.1, 0.15) is 6.92 Å². The highest BCUT2D eigenvalue weighted by atomic mass is 16.6. The van der Waals surface area contributed by atoms with E-state index in [9.17, 15) is 14.9 Å². The minimum atomic E-state index is -0.602. The second-order valence-corrected chi connectivity index (χ2v) is 2.83. The fourth-order valence-electron chi connectivity index (χ4n) is 0.981. The quantitative estimate of drug-likeness (QED) is 0.302. The van der Waals surface area contributed by atoms with Crippen LogP contribution in [0.4, 0.5) is 5.95 Å². The molecule has 0 amide bonds. The van der Waals surface area contributed by atoms with E-state index in [1.807, 2.05) is 0 Å². The number of nitro groups is 1. The highest BCUT2D eigenvalue weighted by Crippen LogP contribution is 2.06. The number of ether oxygens (including phenoxy) is 2. The molecule has 0 aromatic carbocycles. The van der Waals surface area contributed by atoms with Gasteiger partial charge in [0.2, 0.25) is 0 Å². The molecule has 1 aromatic rings. The Kier molecular flexibility index (Phi) is 4.40. The number of hydrogen-bond acceptors (Lipinski definition) is 6. The van der Waals surface area contributed by atoms with Crippen LogP contribution < -0.4 is 0 Å². The lowest BCUT2D eigenvalue weighted by Crippen LogP contribution is -2.11. The molecule has 0 saturated carbocycles. The van der Waals surface area contributed by atoms with E-state index >= 15 is 0 Å². The monoisotopic (exact) mass is 229 g/mol. The van der Waals surface area contributed by atoms with Gasteiger partial charge in [-0.15, -0.1) is 0 Å². The van der Waals surface area contributed by atoms with Crippen molar-refractivity contribution in [1.29, 1.82) is 0 Å². The van der Waals surface area contributed by atoms with Crippen molar-refractivity contribution in [2.24, 2.45) is 0 Å². The maximum atomic E-state index is 10.5. The van der Waals surface area contributed by atoms with Gasteiger partial charge in [-0.2, -0.15) is 0 Å². The topological polar surface area (TPSA) is 96.5 Å². The summed E-state index contributed by atoms with van der Waals surface area (Å²) >= 11 is 0. The van der Waals surface area contributed by atoms with Gasteiger partial charge in [0.1, 0.15) is 19.0 Å². The minimum Gasteiger partial charge on any atom is -0.463 e. The van der Waals surface area contributed by atoms with Crippen molar-refractivity contribution < 1.29 is 19.2 Å². The van der Waals surface area contributed by atoms with Crippen molar-refractivity contribution in [2.75, 3.05) is 13.2 Å². The average molecular weight is 229 g/mol. The Balaban J connectivity index is 2.29. The maximum Gasteiger partial charge on any atom is 0.436 e. The van der Waals surface area contributed by atoms with Crippen molar-refractivity contribution in [3.05, 3.63) is 22.5 Å². The highest BCUT2D eigenvalue weighted by molar-refractivity contribution is 5.65. The SMILES string of the molecule is CC(=O)OCCOCn1ccnc1[N+](=O)[O-]. The summed E-state index contributed by atoms with van der Waals surface area (Å²) in [5, 5.41) is 10.5. The van der Waals surface area contributed by atoms with Crippen LogP contribution in [0.3, 0.4) is 0 Å². The average Bonchev–Trinajstić information content (AvgIpc) is 2.65. The molecule has 0 N–H and O–H groups in total. The van der Waals surface area contributed by atoms with Crippen LogP contribution in [0.5, 0.6) is 0 Å². The molecule has 0 aliphatic rings. The Morgan fingerprint density at radius 1 is 1.62 bits per heavy atom. The summed E-state index contributed by atoms with van der Waals surface area (Å²) in [6.07, 6.45) is 2.75. The summed E-state index contributed by atoms with van der Waals surface area (Å²) in [6, 6.07) is 0. The summed E-state index contributed by atoms with van der Waals surface area (Å²) in [4.78, 5) is 23.8. The fourth-order valence-corrected chi connectivity index (χ4v) is 0.981. The number of carbonyl (C=O) groups is 1. The van der Waals surface area contributed by atoms with Crippen LogP contribution in [0.15, 0.2) is 12.4 Å². The van der Waals surface area contributed by atoms with Gasteiger partial charge in [-0.25, -0.2) is 4.57 Å². The molecule has 0 bridgehead atoms. The lowest BCUT2D eigenvalue weighted by molar-refractivity contribution is -0.397. The minimum absolute atomic E-state index is 0.00240. The molecule has 1 heterocycles. The third-order valence-electron chi connectivity index (χ3n) is 1.62. The van der Waals surface area contributed by atoms with Crippen molar-refractivity contribution in [3.63, 3.8) is 0 Å². The van der Waals surface area contributed by atoms with E-state index in [0.717, 1.165) is 0 Å². The first-order valence-corrected chi connectivity index (χ1v) is 4.48. The van der Waals surface area contributed by atoms with Gasteiger partial charge >= 0.3 is 11.9 Å². The normalized spacial score (nSPS) is 10.1. The van der Waals surface area contributed by atoms with Gasteiger partial charge in [-0.3, -0.25) is 4.79 Å². The molecular formula is C8H11N3O5. The Labute approximate surface area is 90.9 Å². The molecule has 0 aliphatic heterocycles. The van der Waals surface area contributed by atoms with Gasteiger partial charge in [0.05, 0.1) is 6.61 Å². The predicted molar refractivity (Wildman–Crippen MR) is 51.5 cm³/mol. The van der Waals surface area contributed by atoms with E-state index in [2.05, 4.69) is 9.72 Å². The summed E-state index contributed by atoms with van der Waals surface area (Å²) in [5.41, 5.74) is 0. The second kappa shape index (κ2) is 5.81. The van der Waals surface area contributed by atoms with Crippen LogP contribution in [0.2, 0.25) is 0 Å². The van der Waals surface area contributed by atoms with Crippen LogP contribution in [-0.4, -0.2) is 33.7 Å². The largest absolute Gasteiger partial charge is 0.463 e. The third-order valence-corrected chi connectivity index (χ3v) is 1.62. The van der Waals surface area contributed by atoms with Gasteiger partial charge in [-0.05, 0) is 4.92 Å². The summed E-state index contributed by atoms with van der Waals surface area (Å²) in [5.74, 6) is -0.676. The van der Waals surface area contributed by atoms with E-state index in [0.29, 0.717) is 0 Å². The molecule has 88 valence electrons. The van der Waals surface area contributed by atoms with Crippen molar-refractivity contribution >= 4 is 11.9 Å². The predicted octanol–water partition coefficient (Wildman–Crippen LogP) is 0.329. The number of nitrogens with zero attached hydrogens (tertiary/aromatic N) is 3. The van der Waals surface area contributed by atoms with E-state index < -0.39 is 10.9 Å².